The summed E-state index contributed by atoms with van der Waals surface area (Å²) in [4.78, 5) is 0. The van der Waals surface area contributed by atoms with Gasteiger partial charge in [-0.05, 0) is 26.0 Å². The first-order valence-electron chi connectivity index (χ1n) is 6.95. The Morgan fingerprint density at radius 3 is 2.70 bits per heavy atom. The van der Waals surface area contributed by atoms with Crippen molar-refractivity contribution in [2.45, 2.75) is 31.4 Å². The highest BCUT2D eigenvalue weighted by atomic mass is 16.5. The lowest BCUT2D eigenvalue weighted by Gasteiger charge is -2.11. The van der Waals surface area contributed by atoms with Gasteiger partial charge in [-0.3, -0.25) is 0 Å². The van der Waals surface area contributed by atoms with E-state index in [0.717, 1.165) is 12.0 Å². The summed E-state index contributed by atoms with van der Waals surface area (Å²) in [6.07, 6.45) is 1.21. The topological polar surface area (TPSA) is 60.2 Å². The first-order chi connectivity index (χ1) is 9.78. The Labute approximate surface area is 118 Å². The molecule has 0 spiro atoms. The van der Waals surface area contributed by atoms with Crippen LogP contribution in [0, 0.1) is 0 Å². The number of hydrogen-bond donors (Lipinski definition) is 1. The molecule has 106 valence electrons. The normalized spacial score (nSPS) is 23.9. The third kappa shape index (κ3) is 2.59. The molecule has 1 N–H and O–H groups in total. The van der Waals surface area contributed by atoms with E-state index < -0.39 is 0 Å². The molecular formula is C15H19N3O2. The molecule has 0 aliphatic carbocycles. The summed E-state index contributed by atoms with van der Waals surface area (Å²) in [6.45, 7) is 2.73. The highest BCUT2D eigenvalue weighted by Crippen LogP contribution is 2.30. The molecule has 0 amide bonds. The van der Waals surface area contributed by atoms with Gasteiger partial charge in [0.2, 0.25) is 11.8 Å². The Bertz CT molecular complexity index is 555. The predicted octanol–water partition coefficient (Wildman–Crippen LogP) is 2.27. The SMILES string of the molecule is CNC(c1ccccc1)c1nnc(C2COC(C)C2)o1. The van der Waals surface area contributed by atoms with Gasteiger partial charge in [-0.15, -0.1) is 10.2 Å². The lowest BCUT2D eigenvalue weighted by molar-refractivity contribution is 0.122. The summed E-state index contributed by atoms with van der Waals surface area (Å²) in [7, 11) is 1.89. The number of ether oxygens (including phenoxy) is 1. The standard InChI is InChI=1S/C15H19N3O2/c1-10-8-12(9-19-10)14-17-18-15(20-14)13(16-2)11-6-4-3-5-7-11/h3-7,10,12-13,16H,8-9H2,1-2H3. The van der Waals surface area contributed by atoms with Gasteiger partial charge in [-0.25, -0.2) is 0 Å². The lowest BCUT2D eigenvalue weighted by Crippen LogP contribution is -2.17. The second-order valence-corrected chi connectivity index (χ2v) is 5.19. The van der Waals surface area contributed by atoms with Crippen LogP contribution in [0.4, 0.5) is 0 Å². The van der Waals surface area contributed by atoms with Gasteiger partial charge in [0.25, 0.3) is 0 Å². The van der Waals surface area contributed by atoms with Crippen LogP contribution in [0.15, 0.2) is 34.7 Å². The Balaban J connectivity index is 1.81. The zero-order valence-electron chi connectivity index (χ0n) is 11.7. The molecule has 2 heterocycles. The van der Waals surface area contributed by atoms with E-state index in [0.29, 0.717) is 18.4 Å². The molecule has 3 rings (SSSR count). The number of hydrogen-bond acceptors (Lipinski definition) is 5. The van der Waals surface area contributed by atoms with E-state index in [4.69, 9.17) is 9.15 Å². The zero-order chi connectivity index (χ0) is 13.9. The van der Waals surface area contributed by atoms with Gasteiger partial charge in [0, 0.05) is 0 Å². The van der Waals surface area contributed by atoms with Crippen molar-refractivity contribution in [1.82, 2.24) is 15.5 Å². The van der Waals surface area contributed by atoms with Crippen molar-refractivity contribution in [3.8, 4) is 0 Å². The highest BCUT2D eigenvalue weighted by Gasteiger charge is 2.29. The van der Waals surface area contributed by atoms with Gasteiger partial charge in [0.05, 0.1) is 18.6 Å². The summed E-state index contributed by atoms with van der Waals surface area (Å²) in [5, 5.41) is 11.6. The summed E-state index contributed by atoms with van der Waals surface area (Å²) >= 11 is 0. The molecule has 1 aromatic carbocycles. The van der Waals surface area contributed by atoms with E-state index >= 15 is 0 Å². The average molecular weight is 273 g/mol. The quantitative estimate of drug-likeness (QED) is 0.926. The van der Waals surface area contributed by atoms with Crippen molar-refractivity contribution in [1.29, 1.82) is 0 Å². The molecule has 5 nitrogen and oxygen atoms in total. The van der Waals surface area contributed by atoms with Crippen LogP contribution in [0.1, 0.15) is 42.6 Å². The Morgan fingerprint density at radius 1 is 1.25 bits per heavy atom. The van der Waals surface area contributed by atoms with Crippen LogP contribution >= 0.6 is 0 Å². The minimum Gasteiger partial charge on any atom is -0.423 e. The Hall–Kier alpha value is -1.72. The number of benzene rings is 1. The van der Waals surface area contributed by atoms with E-state index in [1.54, 1.807) is 0 Å². The van der Waals surface area contributed by atoms with Crippen molar-refractivity contribution in [3.05, 3.63) is 47.7 Å². The minimum atomic E-state index is -0.0720. The largest absolute Gasteiger partial charge is 0.423 e. The van der Waals surface area contributed by atoms with Crippen LogP contribution in [0.2, 0.25) is 0 Å². The molecule has 20 heavy (non-hydrogen) atoms. The fraction of sp³-hybridized carbons (Fsp3) is 0.467. The maximum absolute atomic E-state index is 5.86. The summed E-state index contributed by atoms with van der Waals surface area (Å²) < 4.78 is 11.4. The van der Waals surface area contributed by atoms with E-state index in [-0.39, 0.29) is 18.1 Å². The lowest BCUT2D eigenvalue weighted by atomic mass is 10.1. The highest BCUT2D eigenvalue weighted by molar-refractivity contribution is 5.23. The molecule has 2 aromatic rings. The maximum atomic E-state index is 5.86. The zero-order valence-corrected chi connectivity index (χ0v) is 11.7. The Morgan fingerprint density at radius 2 is 2.05 bits per heavy atom. The van der Waals surface area contributed by atoms with Gasteiger partial charge in [-0.1, -0.05) is 30.3 Å². The van der Waals surface area contributed by atoms with Gasteiger partial charge < -0.3 is 14.5 Å². The van der Waals surface area contributed by atoms with Crippen LogP contribution in [0.5, 0.6) is 0 Å². The molecule has 5 heteroatoms. The van der Waals surface area contributed by atoms with Gasteiger partial charge in [0.15, 0.2) is 0 Å². The molecule has 1 aliphatic rings. The van der Waals surface area contributed by atoms with Crippen LogP contribution < -0.4 is 5.32 Å². The molecule has 1 aromatic heterocycles. The molecule has 0 saturated carbocycles. The van der Waals surface area contributed by atoms with Gasteiger partial charge in [-0.2, -0.15) is 0 Å². The number of nitrogens with one attached hydrogen (secondary N) is 1. The molecular weight excluding hydrogens is 254 g/mol. The molecule has 0 radical (unpaired) electrons. The summed E-state index contributed by atoms with van der Waals surface area (Å²) in [6, 6.07) is 10.0. The molecule has 3 unspecified atom stereocenters. The van der Waals surface area contributed by atoms with E-state index in [2.05, 4.69) is 22.4 Å². The van der Waals surface area contributed by atoms with Crippen molar-refractivity contribution in [2.75, 3.05) is 13.7 Å². The van der Waals surface area contributed by atoms with E-state index in [1.807, 2.05) is 37.4 Å². The predicted molar refractivity (Wildman–Crippen MR) is 74.4 cm³/mol. The first kappa shape index (κ1) is 13.3. The molecule has 0 bridgehead atoms. The molecule has 1 aliphatic heterocycles. The summed E-state index contributed by atoms with van der Waals surface area (Å²) in [5.41, 5.74) is 1.11. The minimum absolute atomic E-state index is 0.0720. The van der Waals surface area contributed by atoms with Crippen LogP contribution in [-0.2, 0) is 4.74 Å². The van der Waals surface area contributed by atoms with Crippen LogP contribution in [0.3, 0.4) is 0 Å². The smallest absolute Gasteiger partial charge is 0.237 e. The monoisotopic (exact) mass is 273 g/mol. The molecule has 1 fully saturated rings. The van der Waals surface area contributed by atoms with Gasteiger partial charge >= 0.3 is 0 Å². The average Bonchev–Trinajstić information content (AvgIpc) is 3.10. The van der Waals surface area contributed by atoms with Crippen molar-refractivity contribution >= 4 is 0 Å². The number of aromatic nitrogens is 2. The Kier molecular flexibility index (Phi) is 3.80. The van der Waals surface area contributed by atoms with Crippen molar-refractivity contribution < 1.29 is 9.15 Å². The maximum Gasteiger partial charge on any atom is 0.237 e. The van der Waals surface area contributed by atoms with Gasteiger partial charge in [0.1, 0.15) is 6.04 Å². The summed E-state index contributed by atoms with van der Waals surface area (Å²) in [5.74, 6) is 1.51. The fourth-order valence-electron chi connectivity index (χ4n) is 2.60. The first-order valence-corrected chi connectivity index (χ1v) is 6.95. The van der Waals surface area contributed by atoms with E-state index in [1.165, 1.54) is 0 Å². The molecule has 1 saturated heterocycles. The van der Waals surface area contributed by atoms with Crippen LogP contribution in [0.25, 0.3) is 0 Å². The van der Waals surface area contributed by atoms with Crippen LogP contribution in [-0.4, -0.2) is 30.0 Å². The molecule has 3 atom stereocenters. The van der Waals surface area contributed by atoms with Crippen molar-refractivity contribution in [2.24, 2.45) is 0 Å². The third-order valence-electron chi connectivity index (χ3n) is 3.67. The number of rotatable bonds is 4. The number of nitrogens with zero attached hydrogens (tertiary/aromatic N) is 2. The second-order valence-electron chi connectivity index (χ2n) is 5.19. The fourth-order valence-corrected chi connectivity index (χ4v) is 2.60. The van der Waals surface area contributed by atoms with Crippen molar-refractivity contribution in [3.63, 3.8) is 0 Å². The van der Waals surface area contributed by atoms with E-state index in [9.17, 15) is 0 Å². The third-order valence-corrected chi connectivity index (χ3v) is 3.67. The second kappa shape index (κ2) is 5.73.